The van der Waals surface area contributed by atoms with E-state index < -0.39 is 5.97 Å². The third-order valence-corrected chi connectivity index (χ3v) is 3.55. The van der Waals surface area contributed by atoms with Gasteiger partial charge in [0.05, 0.1) is 4.88 Å². The lowest BCUT2D eigenvalue weighted by molar-refractivity contribution is 0.0700. The van der Waals surface area contributed by atoms with Crippen LogP contribution in [0.2, 0.25) is 0 Å². The number of nitrogens with zero attached hydrogens (tertiary/aromatic N) is 1. The highest BCUT2D eigenvalue weighted by molar-refractivity contribution is 7.15. The van der Waals surface area contributed by atoms with E-state index in [0.717, 1.165) is 11.3 Å². The van der Waals surface area contributed by atoms with E-state index in [2.05, 4.69) is 27.7 Å². The summed E-state index contributed by atoms with van der Waals surface area (Å²) in [6, 6.07) is 3.09. The Hall–Kier alpha value is -1.36. The maximum atomic E-state index is 12.4. The Bertz CT molecular complexity index is 441. The number of rotatable bonds is 6. The van der Waals surface area contributed by atoms with E-state index in [-0.39, 0.29) is 10.8 Å². The van der Waals surface area contributed by atoms with Crippen LogP contribution in [0, 0.1) is 11.8 Å². The zero-order valence-electron chi connectivity index (χ0n) is 11.8. The van der Waals surface area contributed by atoms with Gasteiger partial charge < -0.3 is 10.0 Å². The smallest absolute Gasteiger partial charge is 0.345 e. The highest BCUT2D eigenvalue weighted by Crippen LogP contribution is 2.19. The molecule has 0 fully saturated rings. The van der Waals surface area contributed by atoms with Crippen LogP contribution in [0.4, 0.5) is 0 Å². The number of thiophene rings is 1. The third-order valence-electron chi connectivity index (χ3n) is 2.49. The molecule has 106 valence electrons. The molecule has 0 saturated heterocycles. The molecule has 1 aromatic rings. The minimum atomic E-state index is -0.983. The lowest BCUT2D eigenvalue weighted by Crippen LogP contribution is -2.36. The van der Waals surface area contributed by atoms with Crippen LogP contribution >= 0.6 is 11.3 Å². The minimum Gasteiger partial charge on any atom is -0.477 e. The minimum absolute atomic E-state index is 0.0695. The number of carbonyl (C=O) groups excluding carboxylic acids is 1. The zero-order valence-corrected chi connectivity index (χ0v) is 12.7. The number of aromatic carboxylic acids is 1. The molecule has 5 heteroatoms. The number of hydrogen-bond donors (Lipinski definition) is 1. The molecule has 0 radical (unpaired) electrons. The molecular weight excluding hydrogens is 262 g/mol. The van der Waals surface area contributed by atoms with Crippen LogP contribution in [-0.4, -0.2) is 35.0 Å². The maximum absolute atomic E-state index is 12.4. The molecule has 0 aliphatic heterocycles. The van der Waals surface area contributed by atoms with Crippen LogP contribution in [0.25, 0.3) is 0 Å². The molecule has 1 amide bonds. The van der Waals surface area contributed by atoms with Crippen molar-refractivity contribution in [3.05, 3.63) is 21.9 Å². The van der Waals surface area contributed by atoms with Gasteiger partial charge in [-0.05, 0) is 24.0 Å². The topological polar surface area (TPSA) is 57.6 Å². The van der Waals surface area contributed by atoms with Gasteiger partial charge in [-0.1, -0.05) is 27.7 Å². The first-order chi connectivity index (χ1) is 8.81. The zero-order chi connectivity index (χ0) is 14.6. The summed E-state index contributed by atoms with van der Waals surface area (Å²) >= 11 is 1.04. The number of hydrogen-bond acceptors (Lipinski definition) is 3. The first-order valence-electron chi connectivity index (χ1n) is 6.43. The molecule has 19 heavy (non-hydrogen) atoms. The normalized spacial score (nSPS) is 11.1. The van der Waals surface area contributed by atoms with Crippen molar-refractivity contribution in [1.29, 1.82) is 0 Å². The van der Waals surface area contributed by atoms with Gasteiger partial charge in [0.25, 0.3) is 5.91 Å². The molecule has 0 saturated carbocycles. The van der Waals surface area contributed by atoms with Crippen molar-refractivity contribution in [2.75, 3.05) is 13.1 Å². The fourth-order valence-corrected chi connectivity index (χ4v) is 2.66. The first-order valence-corrected chi connectivity index (χ1v) is 7.25. The molecule has 0 aliphatic rings. The third kappa shape index (κ3) is 4.67. The molecule has 1 aromatic heterocycles. The van der Waals surface area contributed by atoms with Crippen molar-refractivity contribution in [1.82, 2.24) is 4.90 Å². The van der Waals surface area contributed by atoms with Gasteiger partial charge in [0, 0.05) is 13.1 Å². The summed E-state index contributed by atoms with van der Waals surface area (Å²) in [4.78, 5) is 25.8. The van der Waals surface area contributed by atoms with Crippen molar-refractivity contribution < 1.29 is 14.7 Å². The van der Waals surface area contributed by atoms with Gasteiger partial charge >= 0.3 is 5.97 Å². The van der Waals surface area contributed by atoms with E-state index in [9.17, 15) is 9.59 Å². The van der Waals surface area contributed by atoms with E-state index in [1.165, 1.54) is 6.07 Å². The molecule has 0 unspecified atom stereocenters. The van der Waals surface area contributed by atoms with Crippen molar-refractivity contribution in [3.63, 3.8) is 0 Å². The van der Waals surface area contributed by atoms with E-state index in [0.29, 0.717) is 29.8 Å². The molecular formula is C14H21NO3S. The molecule has 1 heterocycles. The fraction of sp³-hybridized carbons (Fsp3) is 0.571. The first kappa shape index (κ1) is 15.7. The number of carbonyl (C=O) groups is 2. The maximum Gasteiger partial charge on any atom is 0.345 e. The molecule has 0 aliphatic carbocycles. The predicted molar refractivity (Wildman–Crippen MR) is 76.9 cm³/mol. The number of carboxylic acid groups (broad SMARTS) is 1. The monoisotopic (exact) mass is 283 g/mol. The Morgan fingerprint density at radius 1 is 1.11 bits per heavy atom. The summed E-state index contributed by atoms with van der Waals surface area (Å²) in [5.41, 5.74) is 0. The standard InChI is InChI=1S/C14H21NO3S/c1-9(2)7-15(8-10(3)4)13(16)11-5-6-12(19-11)14(17)18/h5-6,9-10H,7-8H2,1-4H3,(H,17,18). The van der Waals surface area contributed by atoms with Gasteiger partial charge in [-0.25, -0.2) is 4.79 Å². The second-order valence-electron chi connectivity index (χ2n) is 5.47. The Labute approximate surface area is 118 Å². The lowest BCUT2D eigenvalue weighted by Gasteiger charge is -2.25. The number of amides is 1. The van der Waals surface area contributed by atoms with Gasteiger partial charge in [0.15, 0.2) is 0 Å². The van der Waals surface area contributed by atoms with Crippen LogP contribution in [-0.2, 0) is 0 Å². The van der Waals surface area contributed by atoms with Crippen molar-refractivity contribution >= 4 is 23.2 Å². The molecule has 1 rings (SSSR count). The van der Waals surface area contributed by atoms with Crippen molar-refractivity contribution in [2.45, 2.75) is 27.7 Å². The quantitative estimate of drug-likeness (QED) is 0.872. The fourth-order valence-electron chi connectivity index (χ4n) is 1.85. The van der Waals surface area contributed by atoms with E-state index in [4.69, 9.17) is 5.11 Å². The van der Waals surface area contributed by atoms with Gasteiger partial charge in [0.1, 0.15) is 4.88 Å². The highest BCUT2D eigenvalue weighted by atomic mass is 32.1. The van der Waals surface area contributed by atoms with E-state index in [1.807, 2.05) is 4.90 Å². The molecule has 0 bridgehead atoms. The van der Waals surface area contributed by atoms with Gasteiger partial charge in [0.2, 0.25) is 0 Å². The van der Waals surface area contributed by atoms with Crippen LogP contribution in [0.15, 0.2) is 12.1 Å². The average Bonchev–Trinajstić information content (AvgIpc) is 2.75. The summed E-state index contributed by atoms with van der Waals surface area (Å²) in [5, 5.41) is 8.89. The highest BCUT2D eigenvalue weighted by Gasteiger charge is 2.20. The van der Waals surface area contributed by atoms with Crippen LogP contribution in [0.5, 0.6) is 0 Å². The largest absolute Gasteiger partial charge is 0.477 e. The summed E-state index contributed by atoms with van der Waals surface area (Å²) in [7, 11) is 0. The summed E-state index contributed by atoms with van der Waals surface area (Å²) in [5.74, 6) is -0.272. The van der Waals surface area contributed by atoms with Crippen molar-refractivity contribution in [3.8, 4) is 0 Å². The molecule has 0 aromatic carbocycles. The number of carboxylic acids is 1. The lowest BCUT2D eigenvalue weighted by atomic mass is 10.1. The Morgan fingerprint density at radius 2 is 1.58 bits per heavy atom. The second-order valence-corrected chi connectivity index (χ2v) is 6.55. The van der Waals surface area contributed by atoms with E-state index in [1.54, 1.807) is 6.07 Å². The van der Waals surface area contributed by atoms with Crippen LogP contribution in [0.1, 0.15) is 47.0 Å². The van der Waals surface area contributed by atoms with Gasteiger partial charge in [-0.2, -0.15) is 0 Å². The Morgan fingerprint density at radius 3 is 1.95 bits per heavy atom. The average molecular weight is 283 g/mol. The SMILES string of the molecule is CC(C)CN(CC(C)C)C(=O)c1ccc(C(=O)O)s1. The molecule has 4 nitrogen and oxygen atoms in total. The van der Waals surface area contributed by atoms with Crippen molar-refractivity contribution in [2.24, 2.45) is 11.8 Å². The van der Waals surface area contributed by atoms with Crippen LogP contribution < -0.4 is 0 Å². The Kier molecular flexibility index (Phi) is 5.54. The second kappa shape index (κ2) is 6.70. The summed E-state index contributed by atoms with van der Waals surface area (Å²) in [6.45, 7) is 9.65. The van der Waals surface area contributed by atoms with E-state index >= 15 is 0 Å². The van der Waals surface area contributed by atoms with Crippen LogP contribution in [0.3, 0.4) is 0 Å². The summed E-state index contributed by atoms with van der Waals surface area (Å²) < 4.78 is 0. The molecule has 0 atom stereocenters. The van der Waals surface area contributed by atoms with Gasteiger partial charge in [-0.3, -0.25) is 4.79 Å². The molecule has 1 N–H and O–H groups in total. The van der Waals surface area contributed by atoms with Gasteiger partial charge in [-0.15, -0.1) is 11.3 Å². The Balaban J connectivity index is 2.87. The molecule has 0 spiro atoms. The summed E-state index contributed by atoms with van der Waals surface area (Å²) in [6.07, 6.45) is 0. The predicted octanol–water partition coefficient (Wildman–Crippen LogP) is 3.20.